The van der Waals surface area contributed by atoms with Crippen LogP contribution in [0.2, 0.25) is 0 Å². The lowest BCUT2D eigenvalue weighted by Gasteiger charge is -2.31. The third-order valence-electron chi connectivity index (χ3n) is 3.41. The summed E-state index contributed by atoms with van der Waals surface area (Å²) in [4.78, 5) is 13.7. The minimum atomic E-state index is 0.0770. The van der Waals surface area contributed by atoms with E-state index >= 15 is 0 Å². The molecule has 17 heavy (non-hydrogen) atoms. The van der Waals surface area contributed by atoms with Gasteiger partial charge in [0.15, 0.2) is 0 Å². The van der Waals surface area contributed by atoms with E-state index < -0.39 is 0 Å². The number of nitrogens with zero attached hydrogens (tertiary/aromatic N) is 1. The molecular formula is C13H26N2O2. The van der Waals surface area contributed by atoms with Crippen LogP contribution in [0.1, 0.15) is 39.5 Å². The van der Waals surface area contributed by atoms with Crippen LogP contribution in [0.5, 0.6) is 0 Å². The van der Waals surface area contributed by atoms with E-state index in [2.05, 4.69) is 12.2 Å². The van der Waals surface area contributed by atoms with Gasteiger partial charge in [0.1, 0.15) is 0 Å². The number of hydrogen-bond donors (Lipinski definition) is 2. The summed E-state index contributed by atoms with van der Waals surface area (Å²) in [5.41, 5.74) is 0. The first-order valence-corrected chi connectivity index (χ1v) is 6.77. The van der Waals surface area contributed by atoms with Crippen LogP contribution in [0.3, 0.4) is 0 Å². The van der Waals surface area contributed by atoms with Crippen molar-refractivity contribution in [3.05, 3.63) is 0 Å². The molecule has 0 aromatic rings. The second-order valence-electron chi connectivity index (χ2n) is 5.36. The number of rotatable bonds is 5. The summed E-state index contributed by atoms with van der Waals surface area (Å²) >= 11 is 0. The molecular weight excluding hydrogens is 216 g/mol. The van der Waals surface area contributed by atoms with Crippen molar-refractivity contribution in [1.82, 2.24) is 10.2 Å². The van der Waals surface area contributed by atoms with Crippen LogP contribution in [-0.2, 0) is 0 Å². The van der Waals surface area contributed by atoms with Gasteiger partial charge < -0.3 is 15.3 Å². The van der Waals surface area contributed by atoms with Crippen molar-refractivity contribution in [3.63, 3.8) is 0 Å². The normalized spacial score (nSPS) is 22.3. The van der Waals surface area contributed by atoms with Gasteiger partial charge in [-0.1, -0.05) is 13.8 Å². The van der Waals surface area contributed by atoms with Crippen molar-refractivity contribution < 1.29 is 9.90 Å². The summed E-state index contributed by atoms with van der Waals surface area (Å²) in [6.07, 6.45) is 4.26. The number of urea groups is 1. The molecule has 1 heterocycles. The second kappa shape index (κ2) is 7.54. The highest BCUT2D eigenvalue weighted by molar-refractivity contribution is 5.74. The molecule has 100 valence electrons. The van der Waals surface area contributed by atoms with Crippen molar-refractivity contribution in [1.29, 1.82) is 0 Å². The maximum absolute atomic E-state index is 11.8. The maximum Gasteiger partial charge on any atom is 0.317 e. The predicted octanol–water partition coefficient (Wildman–Crippen LogP) is 1.84. The van der Waals surface area contributed by atoms with E-state index in [0.717, 1.165) is 32.4 Å². The standard InChI is InChI=1S/C13H26N2O2/c1-11-6-4-8-15(9-11)13(17)14-7-3-5-12(2)10-16/h11-12,16H,3-10H2,1-2H3,(H,14,17). The third kappa shape index (κ3) is 5.39. The first-order chi connectivity index (χ1) is 8.13. The highest BCUT2D eigenvalue weighted by atomic mass is 16.3. The number of piperidine rings is 1. The fourth-order valence-corrected chi connectivity index (χ4v) is 2.22. The molecule has 2 unspecified atom stereocenters. The molecule has 2 N–H and O–H groups in total. The Morgan fingerprint density at radius 3 is 3.00 bits per heavy atom. The van der Waals surface area contributed by atoms with Gasteiger partial charge in [-0.05, 0) is 37.5 Å². The SMILES string of the molecule is CC(CO)CCCNC(=O)N1CCCC(C)C1. The number of carbonyl (C=O) groups is 1. The van der Waals surface area contributed by atoms with E-state index in [9.17, 15) is 4.79 Å². The molecule has 4 heteroatoms. The fraction of sp³-hybridized carbons (Fsp3) is 0.923. The Kier molecular flexibility index (Phi) is 6.34. The molecule has 2 atom stereocenters. The molecule has 0 aromatic heterocycles. The monoisotopic (exact) mass is 242 g/mol. The van der Waals surface area contributed by atoms with Gasteiger partial charge in [0, 0.05) is 26.2 Å². The molecule has 1 fully saturated rings. The first-order valence-electron chi connectivity index (χ1n) is 6.77. The summed E-state index contributed by atoms with van der Waals surface area (Å²) in [5, 5.41) is 11.8. The highest BCUT2D eigenvalue weighted by Crippen LogP contribution is 2.15. The second-order valence-corrected chi connectivity index (χ2v) is 5.36. The maximum atomic E-state index is 11.8. The van der Waals surface area contributed by atoms with Gasteiger partial charge in [0.05, 0.1) is 0 Å². The largest absolute Gasteiger partial charge is 0.396 e. The molecule has 0 radical (unpaired) electrons. The van der Waals surface area contributed by atoms with Crippen LogP contribution in [0.25, 0.3) is 0 Å². The number of amides is 2. The lowest BCUT2D eigenvalue weighted by molar-refractivity contribution is 0.169. The summed E-state index contributed by atoms with van der Waals surface area (Å²) < 4.78 is 0. The lowest BCUT2D eigenvalue weighted by atomic mass is 10.0. The van der Waals surface area contributed by atoms with Gasteiger partial charge in [-0.25, -0.2) is 4.79 Å². The van der Waals surface area contributed by atoms with Crippen LogP contribution in [0.4, 0.5) is 4.79 Å². The smallest absolute Gasteiger partial charge is 0.317 e. The Labute approximate surface area is 104 Å². The zero-order valence-electron chi connectivity index (χ0n) is 11.1. The van der Waals surface area contributed by atoms with Gasteiger partial charge >= 0.3 is 6.03 Å². The summed E-state index contributed by atoms with van der Waals surface area (Å²) in [6.45, 7) is 6.95. The Balaban J connectivity index is 2.12. The molecule has 4 nitrogen and oxygen atoms in total. The van der Waals surface area contributed by atoms with Crippen molar-refractivity contribution in [2.24, 2.45) is 11.8 Å². The molecule has 1 rings (SSSR count). The summed E-state index contributed by atoms with van der Waals surface area (Å²) in [7, 11) is 0. The van der Waals surface area contributed by atoms with E-state index in [1.165, 1.54) is 6.42 Å². The molecule has 1 aliphatic heterocycles. The fourth-order valence-electron chi connectivity index (χ4n) is 2.22. The quantitative estimate of drug-likeness (QED) is 0.723. The number of aliphatic hydroxyl groups excluding tert-OH is 1. The summed E-state index contributed by atoms with van der Waals surface area (Å²) in [6, 6.07) is 0.0770. The summed E-state index contributed by atoms with van der Waals surface area (Å²) in [5.74, 6) is 0.964. The van der Waals surface area contributed by atoms with Gasteiger partial charge in [-0.3, -0.25) is 0 Å². The molecule has 0 aliphatic carbocycles. The first kappa shape index (κ1) is 14.3. The average molecular weight is 242 g/mol. The van der Waals surface area contributed by atoms with Gasteiger partial charge in [0.25, 0.3) is 0 Å². The zero-order valence-corrected chi connectivity index (χ0v) is 11.1. The molecule has 0 aromatic carbocycles. The van der Waals surface area contributed by atoms with Crippen LogP contribution in [0, 0.1) is 11.8 Å². The third-order valence-corrected chi connectivity index (χ3v) is 3.41. The van der Waals surface area contributed by atoms with E-state index in [1.807, 2.05) is 11.8 Å². The molecule has 1 aliphatic rings. The lowest BCUT2D eigenvalue weighted by Crippen LogP contribution is -2.45. The van der Waals surface area contributed by atoms with Crippen molar-refractivity contribution in [2.45, 2.75) is 39.5 Å². The van der Waals surface area contributed by atoms with E-state index in [0.29, 0.717) is 18.4 Å². The van der Waals surface area contributed by atoms with Gasteiger partial charge in [-0.2, -0.15) is 0 Å². The molecule has 0 bridgehead atoms. The average Bonchev–Trinajstić information content (AvgIpc) is 2.34. The van der Waals surface area contributed by atoms with Crippen LogP contribution in [0.15, 0.2) is 0 Å². The molecule has 0 spiro atoms. The van der Waals surface area contributed by atoms with Crippen LogP contribution in [-0.4, -0.2) is 42.3 Å². The van der Waals surface area contributed by atoms with Crippen LogP contribution < -0.4 is 5.32 Å². The molecule has 2 amide bonds. The van der Waals surface area contributed by atoms with E-state index in [1.54, 1.807) is 0 Å². The van der Waals surface area contributed by atoms with Crippen molar-refractivity contribution >= 4 is 6.03 Å². The predicted molar refractivity (Wildman–Crippen MR) is 68.9 cm³/mol. The Bertz CT molecular complexity index is 233. The Morgan fingerprint density at radius 1 is 1.59 bits per heavy atom. The topological polar surface area (TPSA) is 52.6 Å². The molecule has 0 saturated carbocycles. The van der Waals surface area contributed by atoms with E-state index in [4.69, 9.17) is 5.11 Å². The minimum absolute atomic E-state index is 0.0770. The minimum Gasteiger partial charge on any atom is -0.396 e. The van der Waals surface area contributed by atoms with Gasteiger partial charge in [0.2, 0.25) is 0 Å². The Morgan fingerprint density at radius 2 is 2.35 bits per heavy atom. The Hall–Kier alpha value is -0.770. The van der Waals surface area contributed by atoms with Crippen LogP contribution >= 0.6 is 0 Å². The number of aliphatic hydroxyl groups is 1. The van der Waals surface area contributed by atoms with Gasteiger partial charge in [-0.15, -0.1) is 0 Å². The van der Waals surface area contributed by atoms with Crippen molar-refractivity contribution in [2.75, 3.05) is 26.2 Å². The number of hydrogen-bond acceptors (Lipinski definition) is 2. The number of likely N-dealkylation sites (tertiary alicyclic amines) is 1. The van der Waals surface area contributed by atoms with Crippen molar-refractivity contribution in [3.8, 4) is 0 Å². The van der Waals surface area contributed by atoms with E-state index in [-0.39, 0.29) is 12.6 Å². The zero-order chi connectivity index (χ0) is 12.7. The number of carbonyl (C=O) groups excluding carboxylic acids is 1. The highest BCUT2D eigenvalue weighted by Gasteiger charge is 2.20. The number of nitrogens with one attached hydrogen (secondary N) is 1. The molecule has 1 saturated heterocycles.